The maximum atomic E-state index is 11.7. The van der Waals surface area contributed by atoms with E-state index in [1.165, 1.54) is 12.1 Å². The molecule has 0 heterocycles. The zero-order valence-electron chi connectivity index (χ0n) is 10.2. The minimum absolute atomic E-state index is 0.133. The molecule has 1 unspecified atom stereocenters. The molecule has 0 aliphatic rings. The fraction of sp³-hybridized carbons (Fsp3) is 0.154. The SMILES string of the molecule is C#CCC(NC(=O)Nc1cc(Br)ccc1C#N)C(=O)O. The summed E-state index contributed by atoms with van der Waals surface area (Å²) in [6.07, 6.45) is 4.89. The Morgan fingerprint density at radius 3 is 2.75 bits per heavy atom. The number of nitrogens with one attached hydrogen (secondary N) is 2. The molecule has 3 N–H and O–H groups in total. The molecule has 2 amide bonds. The zero-order valence-corrected chi connectivity index (χ0v) is 11.8. The van der Waals surface area contributed by atoms with Crippen LogP contribution >= 0.6 is 15.9 Å². The number of hydrogen-bond donors (Lipinski definition) is 3. The molecule has 0 saturated heterocycles. The molecule has 0 spiro atoms. The van der Waals surface area contributed by atoms with Crippen molar-refractivity contribution in [2.24, 2.45) is 0 Å². The molecule has 0 saturated carbocycles. The van der Waals surface area contributed by atoms with Gasteiger partial charge in [0.2, 0.25) is 0 Å². The van der Waals surface area contributed by atoms with Crippen molar-refractivity contribution in [1.82, 2.24) is 5.32 Å². The summed E-state index contributed by atoms with van der Waals surface area (Å²) in [5.74, 6) is 0.938. The lowest BCUT2D eigenvalue weighted by molar-refractivity contribution is -0.139. The van der Waals surface area contributed by atoms with E-state index in [1.54, 1.807) is 6.07 Å². The Hall–Kier alpha value is -2.51. The molecule has 1 atom stereocenters. The zero-order chi connectivity index (χ0) is 15.1. The van der Waals surface area contributed by atoms with Gasteiger partial charge in [-0.25, -0.2) is 9.59 Å². The first-order valence-corrected chi connectivity index (χ1v) is 6.20. The number of amides is 2. The van der Waals surface area contributed by atoms with Gasteiger partial charge >= 0.3 is 12.0 Å². The van der Waals surface area contributed by atoms with Crippen LogP contribution in [0.3, 0.4) is 0 Å². The number of carboxylic acid groups (broad SMARTS) is 1. The van der Waals surface area contributed by atoms with Crippen LogP contribution in [-0.2, 0) is 4.79 Å². The average molecular weight is 336 g/mol. The van der Waals surface area contributed by atoms with Crippen molar-refractivity contribution in [2.45, 2.75) is 12.5 Å². The highest BCUT2D eigenvalue weighted by Gasteiger charge is 2.19. The lowest BCUT2D eigenvalue weighted by atomic mass is 10.2. The fourth-order valence-electron chi connectivity index (χ4n) is 1.35. The Labute approximate surface area is 123 Å². The summed E-state index contributed by atoms with van der Waals surface area (Å²) in [6.45, 7) is 0. The minimum atomic E-state index is -1.23. The number of halogens is 1. The van der Waals surface area contributed by atoms with Crippen molar-refractivity contribution in [3.8, 4) is 18.4 Å². The van der Waals surface area contributed by atoms with E-state index < -0.39 is 18.0 Å². The van der Waals surface area contributed by atoms with Gasteiger partial charge in [0.25, 0.3) is 0 Å². The largest absolute Gasteiger partial charge is 0.480 e. The van der Waals surface area contributed by atoms with Gasteiger partial charge in [-0.1, -0.05) is 15.9 Å². The molecular formula is C13H10BrN3O3. The highest BCUT2D eigenvalue weighted by atomic mass is 79.9. The minimum Gasteiger partial charge on any atom is -0.480 e. The normalized spacial score (nSPS) is 10.8. The molecule has 1 rings (SSSR count). The third kappa shape index (κ3) is 4.30. The Morgan fingerprint density at radius 1 is 1.50 bits per heavy atom. The summed E-state index contributed by atoms with van der Waals surface area (Å²) >= 11 is 3.21. The van der Waals surface area contributed by atoms with Crippen LogP contribution in [0, 0.1) is 23.7 Å². The summed E-state index contributed by atoms with van der Waals surface area (Å²) in [7, 11) is 0. The topological polar surface area (TPSA) is 102 Å². The van der Waals surface area contributed by atoms with Crippen molar-refractivity contribution < 1.29 is 14.7 Å². The fourth-order valence-corrected chi connectivity index (χ4v) is 1.71. The Balaban J connectivity index is 2.81. The first-order chi connectivity index (χ1) is 9.47. The van der Waals surface area contributed by atoms with Crippen LogP contribution in [0.4, 0.5) is 10.5 Å². The molecule has 102 valence electrons. The number of benzene rings is 1. The van der Waals surface area contributed by atoms with Gasteiger partial charge in [-0.15, -0.1) is 12.3 Å². The monoisotopic (exact) mass is 335 g/mol. The van der Waals surface area contributed by atoms with Crippen molar-refractivity contribution in [3.05, 3.63) is 28.2 Å². The summed E-state index contributed by atoms with van der Waals surface area (Å²) in [5.41, 5.74) is 0.524. The third-order valence-electron chi connectivity index (χ3n) is 2.28. The summed E-state index contributed by atoms with van der Waals surface area (Å²) in [6, 6.07) is 4.70. The number of carbonyl (C=O) groups excluding carboxylic acids is 1. The van der Waals surface area contributed by atoms with Crippen LogP contribution in [0.5, 0.6) is 0 Å². The van der Waals surface area contributed by atoms with Gasteiger partial charge in [0, 0.05) is 10.9 Å². The second-order valence-corrected chi connectivity index (χ2v) is 4.61. The molecular weight excluding hydrogens is 326 g/mol. The van der Waals surface area contributed by atoms with Gasteiger partial charge in [-0.2, -0.15) is 5.26 Å². The molecule has 1 aromatic rings. The highest BCUT2D eigenvalue weighted by molar-refractivity contribution is 9.10. The molecule has 0 aromatic heterocycles. The lowest BCUT2D eigenvalue weighted by Gasteiger charge is -2.13. The molecule has 7 heteroatoms. The van der Waals surface area contributed by atoms with Gasteiger partial charge in [-0.3, -0.25) is 0 Å². The number of anilines is 1. The highest BCUT2D eigenvalue weighted by Crippen LogP contribution is 2.20. The van der Waals surface area contributed by atoms with E-state index in [-0.39, 0.29) is 17.7 Å². The number of hydrogen-bond acceptors (Lipinski definition) is 3. The smallest absolute Gasteiger partial charge is 0.327 e. The number of aliphatic carboxylic acids is 1. The Bertz CT molecular complexity index is 616. The Morgan fingerprint density at radius 2 is 2.20 bits per heavy atom. The quantitative estimate of drug-likeness (QED) is 0.731. The molecule has 20 heavy (non-hydrogen) atoms. The standard InChI is InChI=1S/C13H10BrN3O3/c1-2-3-10(12(18)19)16-13(20)17-11-6-9(14)5-4-8(11)7-15/h1,4-6,10H,3H2,(H,18,19)(H2,16,17,20). The van der Waals surface area contributed by atoms with E-state index in [2.05, 4.69) is 32.5 Å². The number of urea groups is 1. The summed E-state index contributed by atoms with van der Waals surface area (Å²) in [4.78, 5) is 22.6. The van der Waals surface area contributed by atoms with Crippen LogP contribution < -0.4 is 10.6 Å². The predicted octanol–water partition coefficient (Wildman–Crippen LogP) is 1.92. The molecule has 1 aromatic carbocycles. The van der Waals surface area contributed by atoms with Crippen molar-refractivity contribution in [3.63, 3.8) is 0 Å². The molecule has 0 fully saturated rings. The van der Waals surface area contributed by atoms with E-state index in [9.17, 15) is 9.59 Å². The number of carbonyl (C=O) groups is 2. The van der Waals surface area contributed by atoms with Crippen molar-refractivity contribution in [2.75, 3.05) is 5.32 Å². The van der Waals surface area contributed by atoms with Crippen molar-refractivity contribution >= 4 is 33.6 Å². The van der Waals surface area contributed by atoms with Crippen LogP contribution in [0.1, 0.15) is 12.0 Å². The first kappa shape index (κ1) is 15.5. The lowest BCUT2D eigenvalue weighted by Crippen LogP contribution is -2.42. The number of nitriles is 1. The van der Waals surface area contributed by atoms with E-state index in [0.717, 1.165) is 0 Å². The number of nitrogens with zero attached hydrogens (tertiary/aromatic N) is 1. The van der Waals surface area contributed by atoms with E-state index in [0.29, 0.717) is 4.47 Å². The molecule has 0 aliphatic heterocycles. The van der Waals surface area contributed by atoms with E-state index in [4.69, 9.17) is 16.8 Å². The van der Waals surface area contributed by atoms with Gasteiger partial charge in [0.15, 0.2) is 0 Å². The van der Waals surface area contributed by atoms with Gasteiger partial charge in [0.05, 0.1) is 11.3 Å². The van der Waals surface area contributed by atoms with Crippen molar-refractivity contribution in [1.29, 1.82) is 5.26 Å². The molecule has 6 nitrogen and oxygen atoms in total. The van der Waals surface area contributed by atoms with E-state index >= 15 is 0 Å². The average Bonchev–Trinajstić information content (AvgIpc) is 2.38. The maximum Gasteiger partial charge on any atom is 0.327 e. The third-order valence-corrected chi connectivity index (χ3v) is 2.77. The maximum absolute atomic E-state index is 11.7. The van der Waals surface area contributed by atoms with Crippen LogP contribution in [-0.4, -0.2) is 23.1 Å². The number of rotatable bonds is 4. The number of terminal acetylenes is 1. The van der Waals surface area contributed by atoms with Gasteiger partial charge < -0.3 is 15.7 Å². The number of carboxylic acids is 1. The summed E-state index contributed by atoms with van der Waals surface area (Å²) in [5, 5.41) is 22.4. The predicted molar refractivity (Wildman–Crippen MR) is 75.9 cm³/mol. The van der Waals surface area contributed by atoms with Crippen LogP contribution in [0.15, 0.2) is 22.7 Å². The molecule has 0 aliphatic carbocycles. The summed E-state index contributed by atoms with van der Waals surface area (Å²) < 4.78 is 0.671. The van der Waals surface area contributed by atoms with Crippen LogP contribution in [0.25, 0.3) is 0 Å². The second kappa shape index (κ2) is 7.17. The molecule has 0 bridgehead atoms. The van der Waals surface area contributed by atoms with Gasteiger partial charge in [0.1, 0.15) is 12.1 Å². The van der Waals surface area contributed by atoms with Gasteiger partial charge in [-0.05, 0) is 18.2 Å². The second-order valence-electron chi connectivity index (χ2n) is 3.70. The molecule has 0 radical (unpaired) electrons. The van der Waals surface area contributed by atoms with Crippen LogP contribution in [0.2, 0.25) is 0 Å². The Kier molecular flexibility index (Phi) is 5.57. The van der Waals surface area contributed by atoms with E-state index in [1.807, 2.05) is 6.07 Å². The first-order valence-electron chi connectivity index (χ1n) is 5.41.